The molecule has 2 aromatic heterocycles. The molecule has 2 heterocycles. The second-order valence-electron chi connectivity index (χ2n) is 8.04. The Bertz CT molecular complexity index is 964. The van der Waals surface area contributed by atoms with Gasteiger partial charge in [0.2, 0.25) is 0 Å². The van der Waals surface area contributed by atoms with E-state index in [-0.39, 0.29) is 12.1 Å². The second kappa shape index (κ2) is 8.46. The second-order valence-corrected chi connectivity index (χ2v) is 8.04. The number of fused-ring (bicyclic) bond motifs is 1. The lowest BCUT2D eigenvalue weighted by molar-refractivity contribution is 0.0231. The molecular weight excluding hydrogens is 368 g/mol. The Balaban J connectivity index is 1.79. The number of ether oxygens (including phenoxy) is 1. The summed E-state index contributed by atoms with van der Waals surface area (Å²) in [6.07, 6.45) is 3.58. The van der Waals surface area contributed by atoms with Gasteiger partial charge < -0.3 is 15.0 Å². The van der Waals surface area contributed by atoms with Crippen LogP contribution in [-0.2, 0) is 18.2 Å². The maximum atomic E-state index is 12.7. The third kappa shape index (κ3) is 5.22. The summed E-state index contributed by atoms with van der Waals surface area (Å²) in [5.74, 6) is 0.693. The molecule has 3 rings (SSSR count). The third-order valence-corrected chi connectivity index (χ3v) is 4.58. The molecule has 1 aromatic carbocycles. The zero-order chi connectivity index (χ0) is 21.0. The van der Waals surface area contributed by atoms with Gasteiger partial charge in [-0.05, 0) is 32.8 Å². The molecule has 8 heteroatoms. The highest BCUT2D eigenvalue weighted by molar-refractivity contribution is 5.86. The van der Waals surface area contributed by atoms with Crippen LogP contribution in [0.15, 0.2) is 42.9 Å². The highest BCUT2D eigenvalue weighted by Gasteiger charge is 2.26. The topological polar surface area (TPSA) is 85.2 Å². The monoisotopic (exact) mass is 396 g/mol. The van der Waals surface area contributed by atoms with E-state index in [0.717, 1.165) is 16.6 Å². The van der Waals surface area contributed by atoms with Crippen molar-refractivity contribution in [3.05, 3.63) is 48.4 Å². The number of carbonyl (C=O) groups excluding carboxylic acids is 1. The zero-order valence-electron chi connectivity index (χ0n) is 17.6. The zero-order valence-corrected chi connectivity index (χ0v) is 17.6. The van der Waals surface area contributed by atoms with Crippen molar-refractivity contribution in [3.63, 3.8) is 0 Å². The van der Waals surface area contributed by atoms with Gasteiger partial charge >= 0.3 is 6.09 Å². The number of hydrogen-bond acceptors (Lipinski definition) is 6. The number of benzene rings is 1. The Labute approximate surface area is 170 Å². The molecule has 0 fully saturated rings. The fraction of sp³-hybridized carbons (Fsp3) is 0.429. The predicted molar refractivity (Wildman–Crippen MR) is 113 cm³/mol. The van der Waals surface area contributed by atoms with Crippen LogP contribution >= 0.6 is 0 Å². The molecule has 0 aliphatic rings. The molecule has 1 unspecified atom stereocenters. The lowest BCUT2D eigenvalue weighted by atomic mass is 10.0. The normalized spacial score (nSPS) is 12.6. The summed E-state index contributed by atoms with van der Waals surface area (Å²) in [6, 6.07) is 9.95. The van der Waals surface area contributed by atoms with E-state index in [2.05, 4.69) is 32.5 Å². The average molecular weight is 396 g/mol. The summed E-state index contributed by atoms with van der Waals surface area (Å²) in [7, 11) is 3.61. The molecular formula is C21H28N6O2. The maximum Gasteiger partial charge on any atom is 0.410 e. The molecule has 154 valence electrons. The molecule has 0 bridgehead atoms. The van der Waals surface area contributed by atoms with Crippen molar-refractivity contribution in [1.29, 1.82) is 0 Å². The van der Waals surface area contributed by atoms with Crippen molar-refractivity contribution in [1.82, 2.24) is 24.6 Å². The summed E-state index contributed by atoms with van der Waals surface area (Å²) in [6.45, 7) is 6.10. The number of nitrogens with zero attached hydrogens (tertiary/aromatic N) is 5. The summed E-state index contributed by atoms with van der Waals surface area (Å²) in [5.41, 5.74) is 1.34. The molecule has 0 spiro atoms. The van der Waals surface area contributed by atoms with E-state index in [4.69, 9.17) is 4.74 Å². The predicted octanol–water partition coefficient (Wildman–Crippen LogP) is 3.25. The SMILES string of the molecule is CN(C(=O)OC(C)(C)C)C(CNc1ncnc2c1cnn2C)Cc1ccccc1. The molecule has 1 atom stereocenters. The first-order valence-corrected chi connectivity index (χ1v) is 9.61. The van der Waals surface area contributed by atoms with Gasteiger partial charge in [0.25, 0.3) is 0 Å². The van der Waals surface area contributed by atoms with Crippen LogP contribution in [0, 0.1) is 0 Å². The van der Waals surface area contributed by atoms with Gasteiger partial charge in [-0.1, -0.05) is 30.3 Å². The number of likely N-dealkylation sites (N-methyl/N-ethyl adjacent to an activating group) is 1. The van der Waals surface area contributed by atoms with Crippen molar-refractivity contribution in [2.45, 2.75) is 38.8 Å². The Morgan fingerprint density at radius 2 is 1.97 bits per heavy atom. The molecule has 0 aliphatic heterocycles. The fourth-order valence-corrected chi connectivity index (χ4v) is 3.03. The first kappa shape index (κ1) is 20.6. The third-order valence-electron chi connectivity index (χ3n) is 4.58. The molecule has 29 heavy (non-hydrogen) atoms. The van der Waals surface area contributed by atoms with Gasteiger partial charge in [-0.3, -0.25) is 4.68 Å². The molecule has 0 aliphatic carbocycles. The summed E-state index contributed by atoms with van der Waals surface area (Å²) in [4.78, 5) is 22.9. The van der Waals surface area contributed by atoms with E-state index in [1.807, 2.05) is 46.0 Å². The number of hydrogen-bond donors (Lipinski definition) is 1. The van der Waals surface area contributed by atoms with Crippen molar-refractivity contribution in [3.8, 4) is 0 Å². The number of nitrogens with one attached hydrogen (secondary N) is 1. The lowest BCUT2D eigenvalue weighted by Crippen LogP contribution is -2.45. The van der Waals surface area contributed by atoms with Crippen LogP contribution in [0.25, 0.3) is 11.0 Å². The minimum atomic E-state index is -0.551. The van der Waals surface area contributed by atoms with E-state index >= 15 is 0 Å². The first-order valence-electron chi connectivity index (χ1n) is 9.61. The Morgan fingerprint density at radius 1 is 1.24 bits per heavy atom. The summed E-state index contributed by atoms with van der Waals surface area (Å²) in [5, 5.41) is 8.45. The van der Waals surface area contributed by atoms with Crippen LogP contribution in [0.4, 0.5) is 10.6 Å². The van der Waals surface area contributed by atoms with E-state index < -0.39 is 5.60 Å². The molecule has 3 aromatic rings. The van der Waals surface area contributed by atoms with Gasteiger partial charge in [-0.2, -0.15) is 5.10 Å². The van der Waals surface area contributed by atoms with Crippen LogP contribution in [0.1, 0.15) is 26.3 Å². The highest BCUT2D eigenvalue weighted by atomic mass is 16.6. The van der Waals surface area contributed by atoms with Gasteiger partial charge in [0, 0.05) is 20.6 Å². The smallest absolute Gasteiger partial charge is 0.410 e. The first-order chi connectivity index (χ1) is 13.7. The summed E-state index contributed by atoms with van der Waals surface area (Å²) >= 11 is 0. The largest absolute Gasteiger partial charge is 0.444 e. The van der Waals surface area contributed by atoms with Crippen LogP contribution < -0.4 is 5.32 Å². The Morgan fingerprint density at radius 3 is 2.66 bits per heavy atom. The molecule has 1 amide bonds. The van der Waals surface area contributed by atoms with Crippen molar-refractivity contribution in [2.75, 3.05) is 18.9 Å². The van der Waals surface area contributed by atoms with Crippen molar-refractivity contribution < 1.29 is 9.53 Å². The van der Waals surface area contributed by atoms with E-state index in [1.165, 1.54) is 6.33 Å². The van der Waals surface area contributed by atoms with Crippen molar-refractivity contribution in [2.24, 2.45) is 7.05 Å². The number of carbonyl (C=O) groups is 1. The van der Waals surface area contributed by atoms with Crippen molar-refractivity contribution >= 4 is 22.9 Å². The molecule has 1 N–H and O–H groups in total. The molecule has 0 radical (unpaired) electrons. The molecule has 0 saturated carbocycles. The number of aryl methyl sites for hydroxylation is 1. The van der Waals surface area contributed by atoms with Crippen LogP contribution in [0.5, 0.6) is 0 Å². The van der Waals surface area contributed by atoms with E-state index in [0.29, 0.717) is 18.8 Å². The van der Waals surface area contributed by atoms with Crippen LogP contribution in [0.2, 0.25) is 0 Å². The van der Waals surface area contributed by atoms with E-state index in [1.54, 1.807) is 22.8 Å². The number of aromatic nitrogens is 4. The van der Waals surface area contributed by atoms with Gasteiger partial charge in [-0.25, -0.2) is 14.8 Å². The molecule has 0 saturated heterocycles. The Kier molecular flexibility index (Phi) is 6.00. The van der Waals surface area contributed by atoms with Gasteiger partial charge in [0.05, 0.1) is 17.6 Å². The lowest BCUT2D eigenvalue weighted by Gasteiger charge is -2.31. The minimum Gasteiger partial charge on any atom is -0.444 e. The van der Waals surface area contributed by atoms with Gasteiger partial charge in [-0.15, -0.1) is 0 Å². The minimum absolute atomic E-state index is 0.131. The number of amides is 1. The van der Waals surface area contributed by atoms with Crippen LogP contribution in [0.3, 0.4) is 0 Å². The van der Waals surface area contributed by atoms with E-state index in [9.17, 15) is 4.79 Å². The van der Waals surface area contributed by atoms with Gasteiger partial charge in [0.15, 0.2) is 5.65 Å². The maximum absolute atomic E-state index is 12.7. The number of anilines is 1. The van der Waals surface area contributed by atoms with Gasteiger partial charge in [0.1, 0.15) is 17.7 Å². The summed E-state index contributed by atoms with van der Waals surface area (Å²) < 4.78 is 7.27. The average Bonchev–Trinajstić information content (AvgIpc) is 3.06. The highest BCUT2D eigenvalue weighted by Crippen LogP contribution is 2.19. The quantitative estimate of drug-likeness (QED) is 0.688. The standard InChI is InChI=1S/C21H28N6O2/c1-21(2,3)29-20(28)26(4)16(11-15-9-7-6-8-10-15)12-22-18-17-13-25-27(5)19(17)24-14-23-18/h6-10,13-14,16H,11-12H2,1-5H3,(H,22,23,24). The van der Waals surface area contributed by atoms with Crippen LogP contribution in [-0.4, -0.2) is 56.0 Å². The number of rotatable bonds is 6. The Hall–Kier alpha value is -3.16. The fourth-order valence-electron chi connectivity index (χ4n) is 3.03. The molecule has 8 nitrogen and oxygen atoms in total.